The maximum atomic E-state index is 6.32. The van der Waals surface area contributed by atoms with Crippen molar-refractivity contribution in [2.24, 2.45) is 5.92 Å². The molecule has 0 spiro atoms. The molecular weight excluding hydrogens is 243 g/mol. The normalized spacial score (nSPS) is 12.9. The average molecular weight is 261 g/mol. The van der Waals surface area contributed by atoms with Gasteiger partial charge in [-0.25, -0.2) is 0 Å². The van der Waals surface area contributed by atoms with Gasteiger partial charge in [-0.3, -0.25) is 0 Å². The maximum absolute atomic E-state index is 6.32. The summed E-state index contributed by atoms with van der Waals surface area (Å²) in [5, 5.41) is 0.654. The Morgan fingerprint density at radius 3 is 2.44 bits per heavy atom. The van der Waals surface area contributed by atoms with E-state index in [1.165, 1.54) is 0 Å². The summed E-state index contributed by atoms with van der Waals surface area (Å²) in [7, 11) is 1.61. The van der Waals surface area contributed by atoms with E-state index in [0.717, 1.165) is 18.4 Å². The fraction of sp³-hybridized carbons (Fsp3) is 0.538. The van der Waals surface area contributed by atoms with Crippen LogP contribution in [-0.2, 0) is 0 Å². The summed E-state index contributed by atoms with van der Waals surface area (Å²) in [6.07, 6.45) is 2.10. The third-order valence-electron chi connectivity index (χ3n) is 2.54. The van der Waals surface area contributed by atoms with Gasteiger partial charge in [0.2, 0.25) is 0 Å². The Kier molecular flexibility index (Phi) is 5.43. The van der Waals surface area contributed by atoms with Crippen molar-refractivity contribution in [2.45, 2.75) is 32.1 Å². The van der Waals surface area contributed by atoms with Gasteiger partial charge in [0.1, 0.15) is 5.75 Å². The predicted molar refractivity (Wildman–Crippen MR) is 70.7 cm³/mol. The molecule has 16 heavy (non-hydrogen) atoms. The van der Waals surface area contributed by atoms with E-state index < -0.39 is 0 Å². The van der Waals surface area contributed by atoms with E-state index in [0.29, 0.717) is 16.7 Å². The van der Waals surface area contributed by atoms with Crippen molar-refractivity contribution in [1.82, 2.24) is 0 Å². The fourth-order valence-electron chi connectivity index (χ4n) is 1.52. The van der Waals surface area contributed by atoms with Gasteiger partial charge in [0.15, 0.2) is 0 Å². The molecule has 0 amide bonds. The zero-order valence-electron chi connectivity index (χ0n) is 9.97. The second-order valence-electron chi connectivity index (χ2n) is 4.33. The number of hydrogen-bond acceptors (Lipinski definition) is 1. The molecule has 0 fully saturated rings. The van der Waals surface area contributed by atoms with E-state index in [4.69, 9.17) is 27.9 Å². The topological polar surface area (TPSA) is 9.23 Å². The first-order chi connectivity index (χ1) is 7.54. The number of methoxy groups -OCH3 is 1. The Hall–Kier alpha value is -0.400. The molecule has 0 saturated carbocycles. The van der Waals surface area contributed by atoms with Crippen molar-refractivity contribution in [3.8, 4) is 5.75 Å². The molecule has 1 nitrogen and oxygen atoms in total. The van der Waals surface area contributed by atoms with Gasteiger partial charge in [0, 0.05) is 0 Å². The summed E-state index contributed by atoms with van der Waals surface area (Å²) in [6, 6.07) is 5.73. The smallest absolute Gasteiger partial charge is 0.137 e. The van der Waals surface area contributed by atoms with Crippen LogP contribution in [0.3, 0.4) is 0 Å². The lowest BCUT2D eigenvalue weighted by molar-refractivity contribution is 0.415. The Balaban J connectivity index is 2.69. The van der Waals surface area contributed by atoms with Gasteiger partial charge in [-0.15, -0.1) is 11.6 Å². The van der Waals surface area contributed by atoms with E-state index in [1.54, 1.807) is 7.11 Å². The zero-order valence-corrected chi connectivity index (χ0v) is 11.5. The van der Waals surface area contributed by atoms with Crippen LogP contribution in [0.15, 0.2) is 18.2 Å². The van der Waals surface area contributed by atoms with E-state index >= 15 is 0 Å². The van der Waals surface area contributed by atoms with E-state index in [1.807, 2.05) is 18.2 Å². The molecule has 0 aliphatic rings. The molecule has 0 saturated heterocycles. The minimum Gasteiger partial charge on any atom is -0.495 e. The number of ether oxygens (including phenoxy) is 1. The van der Waals surface area contributed by atoms with Gasteiger partial charge in [0.25, 0.3) is 0 Å². The van der Waals surface area contributed by atoms with Crippen LogP contribution in [0.4, 0.5) is 0 Å². The molecule has 90 valence electrons. The molecule has 1 aromatic rings. The second kappa shape index (κ2) is 6.36. The number of hydrogen-bond donors (Lipinski definition) is 0. The monoisotopic (exact) mass is 260 g/mol. The van der Waals surface area contributed by atoms with E-state index in [9.17, 15) is 0 Å². The van der Waals surface area contributed by atoms with E-state index in [-0.39, 0.29) is 5.38 Å². The summed E-state index contributed by atoms with van der Waals surface area (Å²) >= 11 is 12.4. The van der Waals surface area contributed by atoms with Crippen molar-refractivity contribution < 1.29 is 4.74 Å². The average Bonchev–Trinajstić information content (AvgIpc) is 2.25. The van der Waals surface area contributed by atoms with Crippen LogP contribution in [0, 0.1) is 5.92 Å². The number of alkyl halides is 1. The number of rotatable bonds is 5. The van der Waals surface area contributed by atoms with Crippen LogP contribution >= 0.6 is 23.2 Å². The predicted octanol–water partition coefficient (Wildman–Crippen LogP) is 5.06. The van der Waals surface area contributed by atoms with Gasteiger partial charge >= 0.3 is 0 Å². The molecule has 0 aromatic heterocycles. The van der Waals surface area contributed by atoms with Crippen LogP contribution in [-0.4, -0.2) is 7.11 Å². The summed E-state index contributed by atoms with van der Waals surface area (Å²) in [4.78, 5) is 0. The summed E-state index contributed by atoms with van der Waals surface area (Å²) in [5.41, 5.74) is 1.06. The summed E-state index contributed by atoms with van der Waals surface area (Å²) < 4.78 is 5.10. The molecular formula is C13H18Cl2O. The van der Waals surface area contributed by atoms with Crippen LogP contribution in [0.2, 0.25) is 5.02 Å². The fourth-order valence-corrected chi connectivity index (χ4v) is 2.05. The number of benzene rings is 1. The lowest BCUT2D eigenvalue weighted by atomic mass is 10.0. The molecule has 0 aliphatic heterocycles. The lowest BCUT2D eigenvalue weighted by Gasteiger charge is -2.13. The molecule has 0 heterocycles. The Morgan fingerprint density at radius 1 is 1.25 bits per heavy atom. The van der Waals surface area contributed by atoms with Gasteiger partial charge in [0.05, 0.1) is 17.5 Å². The zero-order chi connectivity index (χ0) is 12.1. The minimum atomic E-state index is 0.0332. The van der Waals surface area contributed by atoms with Crippen LogP contribution < -0.4 is 4.74 Å². The van der Waals surface area contributed by atoms with Crippen molar-refractivity contribution >= 4 is 23.2 Å². The van der Waals surface area contributed by atoms with Gasteiger partial charge in [-0.2, -0.15) is 0 Å². The molecule has 1 unspecified atom stereocenters. The second-order valence-corrected chi connectivity index (χ2v) is 5.27. The van der Waals surface area contributed by atoms with Crippen LogP contribution in [0.5, 0.6) is 5.75 Å². The van der Waals surface area contributed by atoms with Crippen LogP contribution in [0.1, 0.15) is 37.6 Å². The van der Waals surface area contributed by atoms with Gasteiger partial charge < -0.3 is 4.74 Å². The minimum absolute atomic E-state index is 0.0332. The summed E-state index contributed by atoms with van der Waals surface area (Å²) in [5.74, 6) is 1.37. The first-order valence-electron chi connectivity index (χ1n) is 5.52. The van der Waals surface area contributed by atoms with Crippen molar-refractivity contribution in [3.05, 3.63) is 28.8 Å². The first kappa shape index (κ1) is 13.7. The molecule has 0 N–H and O–H groups in total. The highest BCUT2D eigenvalue weighted by atomic mass is 35.5. The Bertz CT molecular complexity index is 337. The number of halogens is 2. The third-order valence-corrected chi connectivity index (χ3v) is 3.30. The van der Waals surface area contributed by atoms with E-state index in [2.05, 4.69) is 13.8 Å². The van der Waals surface area contributed by atoms with Crippen molar-refractivity contribution in [2.75, 3.05) is 7.11 Å². The van der Waals surface area contributed by atoms with Crippen LogP contribution in [0.25, 0.3) is 0 Å². The van der Waals surface area contributed by atoms with Crippen molar-refractivity contribution in [1.29, 1.82) is 0 Å². The molecule has 1 rings (SSSR count). The third kappa shape index (κ3) is 3.88. The highest BCUT2D eigenvalue weighted by Gasteiger charge is 2.11. The quantitative estimate of drug-likeness (QED) is 0.673. The van der Waals surface area contributed by atoms with Gasteiger partial charge in [-0.05, 0) is 36.5 Å². The Morgan fingerprint density at radius 2 is 1.94 bits per heavy atom. The van der Waals surface area contributed by atoms with Gasteiger partial charge in [-0.1, -0.05) is 31.5 Å². The molecule has 0 aliphatic carbocycles. The maximum Gasteiger partial charge on any atom is 0.137 e. The highest BCUT2D eigenvalue weighted by molar-refractivity contribution is 6.32. The SMILES string of the molecule is COc1ccc(C(Cl)CCC(C)C)cc1Cl. The molecule has 3 heteroatoms. The molecule has 0 radical (unpaired) electrons. The summed E-state index contributed by atoms with van der Waals surface area (Å²) in [6.45, 7) is 4.40. The first-order valence-corrected chi connectivity index (χ1v) is 6.33. The lowest BCUT2D eigenvalue weighted by Crippen LogP contribution is -1.95. The van der Waals surface area contributed by atoms with Crippen molar-refractivity contribution in [3.63, 3.8) is 0 Å². The standard InChI is InChI=1S/C13H18Cl2O/c1-9(2)4-6-11(14)10-5-7-13(16-3)12(15)8-10/h5,7-9,11H,4,6H2,1-3H3. The molecule has 0 bridgehead atoms. The Labute approximate surface area is 108 Å². The largest absolute Gasteiger partial charge is 0.495 e. The highest BCUT2D eigenvalue weighted by Crippen LogP contribution is 2.32. The molecule has 1 atom stereocenters. The molecule has 1 aromatic carbocycles.